The summed E-state index contributed by atoms with van der Waals surface area (Å²) in [5.74, 6) is -0.299. The van der Waals surface area contributed by atoms with Crippen molar-refractivity contribution < 1.29 is 18.3 Å². The molecule has 0 amide bonds. The third kappa shape index (κ3) is 2.78. The fraction of sp³-hybridized carbons (Fsp3) is 0.250. The Morgan fingerprint density at radius 2 is 2.14 bits per heavy atom. The highest BCUT2D eigenvalue weighted by atomic mass is 35.7. The van der Waals surface area contributed by atoms with E-state index in [1.807, 2.05) is 0 Å². The maximum Gasteiger partial charge on any atom is 0.237 e. The summed E-state index contributed by atoms with van der Waals surface area (Å²) >= 11 is 0. The average Bonchev–Trinajstić information content (AvgIpc) is 2.06. The number of phenolic OH excluding ortho intramolecular Hbond substituents is 1. The van der Waals surface area contributed by atoms with Crippen LogP contribution in [0.25, 0.3) is 0 Å². The maximum absolute atomic E-state index is 10.8. The van der Waals surface area contributed by atoms with E-state index in [1.54, 1.807) is 12.1 Å². The van der Waals surface area contributed by atoms with Gasteiger partial charge < -0.3 is 9.84 Å². The number of rotatable bonds is 3. The summed E-state index contributed by atoms with van der Waals surface area (Å²) in [5, 5.41) is 9.38. The average molecular weight is 237 g/mol. The van der Waals surface area contributed by atoms with Gasteiger partial charge in [-0.1, -0.05) is 6.07 Å². The predicted molar refractivity (Wildman–Crippen MR) is 53.1 cm³/mol. The molecule has 0 aromatic heterocycles. The van der Waals surface area contributed by atoms with E-state index in [9.17, 15) is 13.5 Å². The van der Waals surface area contributed by atoms with Crippen LogP contribution in [0.15, 0.2) is 18.2 Å². The number of benzene rings is 1. The van der Waals surface area contributed by atoms with Crippen molar-refractivity contribution in [3.63, 3.8) is 0 Å². The molecule has 0 aliphatic heterocycles. The van der Waals surface area contributed by atoms with Gasteiger partial charge in [-0.25, -0.2) is 8.42 Å². The molecule has 1 aromatic carbocycles. The Morgan fingerprint density at radius 3 is 2.64 bits per heavy atom. The van der Waals surface area contributed by atoms with E-state index in [-0.39, 0.29) is 11.3 Å². The van der Waals surface area contributed by atoms with Crippen molar-refractivity contribution in [2.75, 3.05) is 7.11 Å². The summed E-state index contributed by atoms with van der Waals surface area (Å²) in [5.41, 5.74) is 0.171. The SMILES string of the molecule is COc1cccc(O)c1CS(=O)(=O)Cl. The molecular formula is C8H9ClO4S. The number of hydrogen-bond donors (Lipinski definition) is 1. The maximum atomic E-state index is 10.8. The van der Waals surface area contributed by atoms with Crippen molar-refractivity contribution in [1.29, 1.82) is 0 Å². The quantitative estimate of drug-likeness (QED) is 0.808. The highest BCUT2D eigenvalue weighted by molar-refractivity contribution is 8.13. The lowest BCUT2D eigenvalue weighted by molar-refractivity contribution is 0.402. The number of aromatic hydroxyl groups is 1. The normalized spacial score (nSPS) is 11.3. The molecule has 0 bridgehead atoms. The van der Waals surface area contributed by atoms with Crippen molar-refractivity contribution >= 4 is 19.7 Å². The Morgan fingerprint density at radius 1 is 1.50 bits per heavy atom. The first-order valence-corrected chi connectivity index (χ1v) is 6.19. The van der Waals surface area contributed by atoms with Gasteiger partial charge in [-0.15, -0.1) is 0 Å². The topological polar surface area (TPSA) is 63.6 Å². The molecule has 6 heteroatoms. The Hall–Kier alpha value is -0.940. The summed E-state index contributed by atoms with van der Waals surface area (Å²) in [6.07, 6.45) is 0. The van der Waals surface area contributed by atoms with E-state index < -0.39 is 14.8 Å². The molecule has 0 saturated carbocycles. The Bertz CT molecular complexity index is 427. The van der Waals surface area contributed by atoms with Crippen LogP contribution in [0.3, 0.4) is 0 Å². The van der Waals surface area contributed by atoms with E-state index in [2.05, 4.69) is 0 Å². The summed E-state index contributed by atoms with van der Waals surface area (Å²) in [6.45, 7) is 0. The number of halogens is 1. The van der Waals surface area contributed by atoms with Gasteiger partial charge in [0.15, 0.2) is 0 Å². The van der Waals surface area contributed by atoms with Crippen LogP contribution < -0.4 is 4.74 Å². The standard InChI is InChI=1S/C8H9ClO4S/c1-13-8-4-2-3-7(10)6(8)5-14(9,11)12/h2-4,10H,5H2,1H3. The largest absolute Gasteiger partial charge is 0.507 e. The number of ether oxygens (including phenoxy) is 1. The number of methoxy groups -OCH3 is 1. The molecule has 1 rings (SSSR count). The van der Waals surface area contributed by atoms with Gasteiger partial charge in [0.2, 0.25) is 9.05 Å². The first kappa shape index (κ1) is 11.1. The van der Waals surface area contributed by atoms with E-state index in [0.29, 0.717) is 5.75 Å². The lowest BCUT2D eigenvalue weighted by Gasteiger charge is -2.07. The van der Waals surface area contributed by atoms with Crippen LogP contribution >= 0.6 is 10.7 Å². The van der Waals surface area contributed by atoms with Gasteiger partial charge in [-0.2, -0.15) is 0 Å². The zero-order valence-electron chi connectivity index (χ0n) is 7.40. The molecular weight excluding hydrogens is 228 g/mol. The Labute approximate surface area is 86.5 Å². The van der Waals surface area contributed by atoms with Gasteiger partial charge in [0.1, 0.15) is 11.5 Å². The van der Waals surface area contributed by atoms with Crippen LogP contribution in [-0.2, 0) is 14.8 Å². The lowest BCUT2D eigenvalue weighted by Crippen LogP contribution is -1.98. The fourth-order valence-corrected chi connectivity index (χ4v) is 2.03. The second-order valence-corrected chi connectivity index (χ2v) is 5.42. The molecule has 0 radical (unpaired) electrons. The van der Waals surface area contributed by atoms with Crippen LogP contribution in [0, 0.1) is 0 Å². The zero-order chi connectivity index (χ0) is 10.8. The third-order valence-corrected chi connectivity index (χ3v) is 2.61. The fourth-order valence-electron chi connectivity index (χ4n) is 1.06. The summed E-state index contributed by atoms with van der Waals surface area (Å²) in [7, 11) is 2.76. The van der Waals surface area contributed by atoms with Crippen LogP contribution in [0.2, 0.25) is 0 Å². The van der Waals surface area contributed by atoms with Crippen LogP contribution in [0.1, 0.15) is 5.56 Å². The van der Waals surface area contributed by atoms with Gasteiger partial charge in [0.05, 0.1) is 18.4 Å². The summed E-state index contributed by atoms with van der Waals surface area (Å²) in [6, 6.07) is 4.48. The zero-order valence-corrected chi connectivity index (χ0v) is 8.97. The van der Waals surface area contributed by atoms with Gasteiger partial charge in [0.25, 0.3) is 0 Å². The molecule has 0 aliphatic rings. The molecule has 78 valence electrons. The van der Waals surface area contributed by atoms with E-state index in [4.69, 9.17) is 15.4 Å². The van der Waals surface area contributed by atoms with Crippen molar-refractivity contribution in [1.82, 2.24) is 0 Å². The minimum atomic E-state index is -3.70. The third-order valence-electron chi connectivity index (χ3n) is 1.64. The molecule has 14 heavy (non-hydrogen) atoms. The van der Waals surface area contributed by atoms with Crippen molar-refractivity contribution in [3.8, 4) is 11.5 Å². The van der Waals surface area contributed by atoms with E-state index in [0.717, 1.165) is 0 Å². The van der Waals surface area contributed by atoms with Crippen molar-refractivity contribution in [2.45, 2.75) is 5.75 Å². The second-order valence-electron chi connectivity index (χ2n) is 2.64. The van der Waals surface area contributed by atoms with Crippen LogP contribution in [0.5, 0.6) is 11.5 Å². The van der Waals surface area contributed by atoms with Crippen molar-refractivity contribution in [2.24, 2.45) is 0 Å². The molecule has 0 unspecified atom stereocenters. The minimum absolute atomic E-state index is 0.145. The Kier molecular flexibility index (Phi) is 3.23. The molecule has 4 nitrogen and oxygen atoms in total. The molecule has 0 heterocycles. The monoisotopic (exact) mass is 236 g/mol. The Balaban J connectivity index is 3.18. The molecule has 1 N–H and O–H groups in total. The molecule has 1 aromatic rings. The smallest absolute Gasteiger partial charge is 0.237 e. The first-order chi connectivity index (χ1) is 6.44. The molecule has 0 atom stereocenters. The van der Waals surface area contributed by atoms with Crippen LogP contribution in [0.4, 0.5) is 0 Å². The van der Waals surface area contributed by atoms with Gasteiger partial charge in [-0.05, 0) is 12.1 Å². The molecule has 0 spiro atoms. The summed E-state index contributed by atoms with van der Waals surface area (Å²) in [4.78, 5) is 0. The van der Waals surface area contributed by atoms with Crippen molar-refractivity contribution in [3.05, 3.63) is 23.8 Å². The highest BCUT2D eigenvalue weighted by Gasteiger charge is 2.15. The lowest BCUT2D eigenvalue weighted by atomic mass is 10.2. The van der Waals surface area contributed by atoms with Gasteiger partial charge in [0, 0.05) is 10.7 Å². The minimum Gasteiger partial charge on any atom is -0.507 e. The predicted octanol–water partition coefficient (Wildman–Crippen LogP) is 1.47. The number of hydrogen-bond acceptors (Lipinski definition) is 4. The summed E-state index contributed by atoms with van der Waals surface area (Å²) < 4.78 is 26.5. The van der Waals surface area contributed by atoms with Gasteiger partial charge in [-0.3, -0.25) is 0 Å². The molecule has 0 aliphatic carbocycles. The second kappa shape index (κ2) is 4.06. The van der Waals surface area contributed by atoms with E-state index in [1.165, 1.54) is 13.2 Å². The van der Waals surface area contributed by atoms with E-state index >= 15 is 0 Å². The van der Waals surface area contributed by atoms with Crippen LogP contribution in [-0.4, -0.2) is 20.6 Å². The first-order valence-electron chi connectivity index (χ1n) is 3.71. The molecule has 0 fully saturated rings. The number of phenols is 1. The van der Waals surface area contributed by atoms with Gasteiger partial charge >= 0.3 is 0 Å². The molecule has 0 saturated heterocycles. The highest BCUT2D eigenvalue weighted by Crippen LogP contribution is 2.29.